The number of aryl methyl sites for hydroxylation is 1. The Labute approximate surface area is 106 Å². The maximum Gasteiger partial charge on any atom is 0.120 e. The number of rotatable bonds is 1. The molecule has 2 heterocycles. The molecule has 0 saturated carbocycles. The summed E-state index contributed by atoms with van der Waals surface area (Å²) >= 11 is 6.82. The molecule has 15 heavy (non-hydrogen) atoms. The summed E-state index contributed by atoms with van der Waals surface area (Å²) in [6.07, 6.45) is 0.638. The number of aliphatic hydroxyl groups is 1. The maximum absolute atomic E-state index is 9.49. The Hall–Kier alpha value is -0.130. The van der Waals surface area contributed by atoms with Crippen LogP contribution in [-0.4, -0.2) is 29.3 Å². The van der Waals surface area contributed by atoms with Crippen LogP contribution < -0.4 is 4.90 Å². The molecule has 1 aromatic heterocycles. The number of anilines is 1. The smallest absolute Gasteiger partial charge is 0.120 e. The van der Waals surface area contributed by atoms with Gasteiger partial charge in [-0.3, -0.25) is 0 Å². The van der Waals surface area contributed by atoms with Crippen LogP contribution in [0.4, 0.5) is 5.69 Å². The van der Waals surface area contributed by atoms with Crippen LogP contribution in [0.3, 0.4) is 0 Å². The van der Waals surface area contributed by atoms with Crippen LogP contribution in [0.25, 0.3) is 0 Å². The largest absolute Gasteiger partial charge is 0.391 e. The molecule has 5 heteroatoms. The molecule has 1 aliphatic rings. The molecule has 1 atom stereocenters. The average molecular weight is 336 g/mol. The lowest BCUT2D eigenvalue weighted by Crippen LogP contribution is -2.22. The number of aliphatic hydroxyl groups excluding tert-OH is 1. The third kappa shape index (κ3) is 2.34. The van der Waals surface area contributed by atoms with E-state index >= 15 is 0 Å². The van der Waals surface area contributed by atoms with Gasteiger partial charge in [0.1, 0.15) is 4.60 Å². The van der Waals surface area contributed by atoms with Gasteiger partial charge in [-0.1, -0.05) is 0 Å². The molecule has 0 bridgehead atoms. The number of aromatic nitrogens is 1. The van der Waals surface area contributed by atoms with E-state index in [2.05, 4.69) is 41.7 Å². The molecule has 1 aromatic rings. The summed E-state index contributed by atoms with van der Waals surface area (Å²) < 4.78 is 1.77. The van der Waals surface area contributed by atoms with Crippen LogP contribution in [0.2, 0.25) is 0 Å². The molecule has 1 saturated heterocycles. The summed E-state index contributed by atoms with van der Waals surface area (Å²) in [7, 11) is 0. The molecule has 0 aliphatic carbocycles. The van der Waals surface area contributed by atoms with Gasteiger partial charge in [0.25, 0.3) is 0 Å². The Bertz CT molecular complexity index is 384. The highest BCUT2D eigenvalue weighted by Crippen LogP contribution is 2.30. The maximum atomic E-state index is 9.49. The van der Waals surface area contributed by atoms with E-state index in [-0.39, 0.29) is 6.10 Å². The summed E-state index contributed by atoms with van der Waals surface area (Å²) in [4.78, 5) is 6.56. The Kier molecular flexibility index (Phi) is 3.33. The Morgan fingerprint density at radius 1 is 1.53 bits per heavy atom. The minimum atomic E-state index is -0.202. The van der Waals surface area contributed by atoms with Crippen molar-refractivity contribution in [2.45, 2.75) is 19.4 Å². The molecule has 0 unspecified atom stereocenters. The van der Waals surface area contributed by atoms with Gasteiger partial charge in [0.15, 0.2) is 0 Å². The van der Waals surface area contributed by atoms with Gasteiger partial charge in [0, 0.05) is 13.1 Å². The molecule has 1 aliphatic heterocycles. The second-order valence-electron chi connectivity index (χ2n) is 3.75. The van der Waals surface area contributed by atoms with E-state index in [0.717, 1.165) is 33.4 Å². The van der Waals surface area contributed by atoms with Crippen molar-refractivity contribution < 1.29 is 5.11 Å². The number of hydrogen-bond donors (Lipinski definition) is 1. The first-order chi connectivity index (χ1) is 7.08. The van der Waals surface area contributed by atoms with Gasteiger partial charge < -0.3 is 10.0 Å². The van der Waals surface area contributed by atoms with E-state index in [0.29, 0.717) is 6.54 Å². The summed E-state index contributed by atoms with van der Waals surface area (Å²) in [6.45, 7) is 3.59. The van der Waals surface area contributed by atoms with E-state index in [4.69, 9.17) is 0 Å². The van der Waals surface area contributed by atoms with Crippen LogP contribution in [0.5, 0.6) is 0 Å². The molecular formula is C10H12Br2N2O. The fourth-order valence-corrected chi connectivity index (χ4v) is 2.51. The molecule has 0 aromatic carbocycles. The van der Waals surface area contributed by atoms with Crippen LogP contribution in [-0.2, 0) is 0 Å². The quantitative estimate of drug-likeness (QED) is 0.801. The second kappa shape index (κ2) is 4.39. The number of β-amino-alcohol motifs (C(OH)–C–C–N with tert-alkyl or cyclic N) is 1. The fourth-order valence-electron chi connectivity index (χ4n) is 1.82. The van der Waals surface area contributed by atoms with E-state index in [1.165, 1.54) is 0 Å². The van der Waals surface area contributed by atoms with Crippen molar-refractivity contribution in [1.82, 2.24) is 4.98 Å². The van der Waals surface area contributed by atoms with Crippen molar-refractivity contribution in [3.8, 4) is 0 Å². The molecule has 1 N–H and O–H groups in total. The average Bonchev–Trinajstić information content (AvgIpc) is 2.58. The lowest BCUT2D eigenvalue weighted by atomic mass is 10.3. The first-order valence-corrected chi connectivity index (χ1v) is 6.42. The van der Waals surface area contributed by atoms with Crippen LogP contribution in [0.1, 0.15) is 12.1 Å². The lowest BCUT2D eigenvalue weighted by Gasteiger charge is -2.20. The van der Waals surface area contributed by atoms with Crippen molar-refractivity contribution in [2.75, 3.05) is 18.0 Å². The summed E-state index contributed by atoms with van der Waals surface area (Å²) in [5.74, 6) is 0. The zero-order valence-corrected chi connectivity index (χ0v) is 11.5. The zero-order chi connectivity index (χ0) is 11.0. The number of halogens is 2. The predicted molar refractivity (Wildman–Crippen MR) is 67.2 cm³/mol. The standard InChI is InChI=1S/C10H12Br2N2O/c1-6-9(4-8(11)10(12)13-6)14-3-2-7(15)5-14/h4,7,15H,2-3,5H2,1H3/t7-/m1/s1. The molecule has 3 nitrogen and oxygen atoms in total. The summed E-state index contributed by atoms with van der Waals surface area (Å²) in [5, 5.41) is 9.49. The number of nitrogens with zero attached hydrogens (tertiary/aromatic N) is 2. The van der Waals surface area contributed by atoms with E-state index < -0.39 is 0 Å². The van der Waals surface area contributed by atoms with Gasteiger partial charge in [0.05, 0.1) is 22.0 Å². The van der Waals surface area contributed by atoms with Gasteiger partial charge in [-0.2, -0.15) is 0 Å². The normalized spacial score (nSPS) is 21.1. The molecular weight excluding hydrogens is 324 g/mol. The highest BCUT2D eigenvalue weighted by molar-refractivity contribution is 9.13. The van der Waals surface area contributed by atoms with Gasteiger partial charge in [-0.05, 0) is 51.3 Å². The van der Waals surface area contributed by atoms with Gasteiger partial charge >= 0.3 is 0 Å². The minimum Gasteiger partial charge on any atom is -0.391 e. The number of pyridine rings is 1. The fraction of sp³-hybridized carbons (Fsp3) is 0.500. The zero-order valence-electron chi connectivity index (χ0n) is 8.37. The lowest BCUT2D eigenvalue weighted by molar-refractivity contribution is 0.198. The second-order valence-corrected chi connectivity index (χ2v) is 5.36. The first-order valence-electron chi connectivity index (χ1n) is 4.83. The van der Waals surface area contributed by atoms with Gasteiger partial charge in [-0.15, -0.1) is 0 Å². The van der Waals surface area contributed by atoms with Crippen molar-refractivity contribution in [1.29, 1.82) is 0 Å². The van der Waals surface area contributed by atoms with Gasteiger partial charge in [0.2, 0.25) is 0 Å². The first kappa shape index (κ1) is 11.4. The highest BCUT2D eigenvalue weighted by Gasteiger charge is 2.22. The molecule has 0 amide bonds. The van der Waals surface area contributed by atoms with Gasteiger partial charge in [-0.25, -0.2) is 4.98 Å². The van der Waals surface area contributed by atoms with Crippen LogP contribution >= 0.6 is 31.9 Å². The predicted octanol–water partition coefficient (Wildman–Crippen LogP) is 2.49. The Morgan fingerprint density at radius 2 is 2.27 bits per heavy atom. The van der Waals surface area contributed by atoms with Crippen LogP contribution in [0, 0.1) is 6.92 Å². The Morgan fingerprint density at radius 3 is 2.87 bits per heavy atom. The van der Waals surface area contributed by atoms with Crippen molar-refractivity contribution in [3.63, 3.8) is 0 Å². The van der Waals surface area contributed by atoms with E-state index in [1.807, 2.05) is 13.0 Å². The SMILES string of the molecule is Cc1nc(Br)c(Br)cc1N1CC[C@@H](O)C1. The Balaban J connectivity index is 2.32. The molecule has 1 fully saturated rings. The number of hydrogen-bond acceptors (Lipinski definition) is 3. The third-order valence-electron chi connectivity index (χ3n) is 2.60. The topological polar surface area (TPSA) is 36.4 Å². The minimum absolute atomic E-state index is 0.202. The van der Waals surface area contributed by atoms with Crippen molar-refractivity contribution in [2.24, 2.45) is 0 Å². The molecule has 2 rings (SSSR count). The van der Waals surface area contributed by atoms with E-state index in [1.54, 1.807) is 0 Å². The molecule has 0 spiro atoms. The monoisotopic (exact) mass is 334 g/mol. The molecule has 0 radical (unpaired) electrons. The highest BCUT2D eigenvalue weighted by atomic mass is 79.9. The summed E-state index contributed by atoms with van der Waals surface area (Å²) in [5.41, 5.74) is 2.08. The third-order valence-corrected chi connectivity index (χ3v) is 4.34. The van der Waals surface area contributed by atoms with Crippen LogP contribution in [0.15, 0.2) is 15.1 Å². The summed E-state index contributed by atoms with van der Waals surface area (Å²) in [6, 6.07) is 2.05. The van der Waals surface area contributed by atoms with Crippen molar-refractivity contribution in [3.05, 3.63) is 20.8 Å². The van der Waals surface area contributed by atoms with E-state index in [9.17, 15) is 5.11 Å². The molecule has 82 valence electrons. The van der Waals surface area contributed by atoms with Crippen molar-refractivity contribution >= 4 is 37.5 Å².